The predicted octanol–water partition coefficient (Wildman–Crippen LogP) is 4.47. The van der Waals surface area contributed by atoms with Gasteiger partial charge in [-0.25, -0.2) is 22.9 Å². The number of nitrogens with zero attached hydrogens (tertiary/aromatic N) is 2. The molecule has 2 aromatic rings. The SMILES string of the molecule is CCNc1cc(F)c2nc(C(F)F)nc(OCCOC(=O)OC(C)(C)C)c2c1. The molecular weight excluding hydrogens is 379 g/mol. The smallest absolute Gasteiger partial charge is 0.474 e. The highest BCUT2D eigenvalue weighted by Crippen LogP contribution is 2.30. The van der Waals surface area contributed by atoms with Gasteiger partial charge in [-0.2, -0.15) is 4.98 Å². The van der Waals surface area contributed by atoms with Gasteiger partial charge in [0.2, 0.25) is 5.88 Å². The summed E-state index contributed by atoms with van der Waals surface area (Å²) in [6.07, 6.45) is -3.89. The van der Waals surface area contributed by atoms with Crippen molar-refractivity contribution >= 4 is 22.7 Å². The number of hydrogen-bond donors (Lipinski definition) is 1. The van der Waals surface area contributed by atoms with Crippen molar-refractivity contribution in [1.29, 1.82) is 0 Å². The fourth-order valence-electron chi connectivity index (χ4n) is 2.24. The van der Waals surface area contributed by atoms with E-state index in [2.05, 4.69) is 15.3 Å². The molecule has 1 heterocycles. The number of ether oxygens (including phenoxy) is 3. The van der Waals surface area contributed by atoms with Crippen LogP contribution in [0.1, 0.15) is 39.9 Å². The van der Waals surface area contributed by atoms with Crippen LogP contribution in [0.25, 0.3) is 10.9 Å². The quantitative estimate of drug-likeness (QED) is 0.541. The highest BCUT2D eigenvalue weighted by Gasteiger charge is 2.20. The predicted molar refractivity (Wildman–Crippen MR) is 96.3 cm³/mol. The lowest BCUT2D eigenvalue weighted by atomic mass is 10.2. The Kier molecular flexibility index (Phi) is 6.87. The topological polar surface area (TPSA) is 82.6 Å². The lowest BCUT2D eigenvalue weighted by Crippen LogP contribution is -2.25. The lowest BCUT2D eigenvalue weighted by molar-refractivity contribution is -0.0115. The summed E-state index contributed by atoms with van der Waals surface area (Å²) in [4.78, 5) is 18.8. The summed E-state index contributed by atoms with van der Waals surface area (Å²) >= 11 is 0. The minimum absolute atomic E-state index is 0.123. The summed E-state index contributed by atoms with van der Waals surface area (Å²) in [5.74, 6) is -1.87. The number of benzene rings is 1. The molecule has 0 saturated heterocycles. The van der Waals surface area contributed by atoms with Crippen LogP contribution >= 0.6 is 0 Å². The standard InChI is InChI=1S/C18H22F3N3O4/c1-5-22-10-8-11-13(12(19)9-10)23-15(14(20)21)24-16(11)26-6-7-27-17(25)28-18(2,3)4/h8-9,14,22H,5-7H2,1-4H3. The number of hydrogen-bond acceptors (Lipinski definition) is 7. The first-order valence-electron chi connectivity index (χ1n) is 8.62. The Bertz CT molecular complexity index is 841. The highest BCUT2D eigenvalue weighted by molar-refractivity contribution is 5.87. The summed E-state index contributed by atoms with van der Waals surface area (Å²) in [5.41, 5.74) is -0.571. The van der Waals surface area contributed by atoms with E-state index in [0.29, 0.717) is 12.2 Å². The van der Waals surface area contributed by atoms with Crippen LogP contribution < -0.4 is 10.1 Å². The molecule has 0 amide bonds. The molecule has 154 valence electrons. The van der Waals surface area contributed by atoms with Gasteiger partial charge in [-0.3, -0.25) is 0 Å². The average molecular weight is 401 g/mol. The monoisotopic (exact) mass is 401 g/mol. The molecule has 0 aliphatic heterocycles. The van der Waals surface area contributed by atoms with Crippen molar-refractivity contribution in [3.05, 3.63) is 23.8 Å². The van der Waals surface area contributed by atoms with E-state index in [1.54, 1.807) is 20.8 Å². The zero-order valence-electron chi connectivity index (χ0n) is 16.0. The van der Waals surface area contributed by atoms with E-state index in [4.69, 9.17) is 14.2 Å². The zero-order chi connectivity index (χ0) is 20.9. The Morgan fingerprint density at radius 3 is 2.54 bits per heavy atom. The van der Waals surface area contributed by atoms with Crippen LogP contribution in [0, 0.1) is 5.82 Å². The first-order valence-corrected chi connectivity index (χ1v) is 8.62. The molecule has 0 aliphatic rings. The first kappa shape index (κ1) is 21.5. The van der Waals surface area contributed by atoms with Gasteiger partial charge in [-0.05, 0) is 39.8 Å². The van der Waals surface area contributed by atoms with Gasteiger partial charge in [0.25, 0.3) is 6.43 Å². The minimum atomic E-state index is -3.00. The van der Waals surface area contributed by atoms with Crippen LogP contribution in [0.2, 0.25) is 0 Å². The van der Waals surface area contributed by atoms with Crippen molar-refractivity contribution in [2.75, 3.05) is 25.1 Å². The van der Waals surface area contributed by atoms with Crippen LogP contribution in [-0.2, 0) is 9.47 Å². The summed E-state index contributed by atoms with van der Waals surface area (Å²) in [6, 6.07) is 2.66. The molecule has 1 aromatic carbocycles. The second-order valence-electron chi connectivity index (χ2n) is 6.73. The largest absolute Gasteiger partial charge is 0.508 e. The Morgan fingerprint density at radius 1 is 1.21 bits per heavy atom. The number of halogens is 3. The Labute approximate surface area is 160 Å². The number of carbonyl (C=O) groups excluding carboxylic acids is 1. The zero-order valence-corrected chi connectivity index (χ0v) is 16.0. The molecule has 10 heteroatoms. The highest BCUT2D eigenvalue weighted by atomic mass is 19.3. The summed E-state index contributed by atoms with van der Waals surface area (Å²) in [5, 5.41) is 3.05. The van der Waals surface area contributed by atoms with Gasteiger partial charge in [-0.1, -0.05) is 0 Å². The van der Waals surface area contributed by atoms with E-state index in [1.807, 2.05) is 6.92 Å². The van der Waals surface area contributed by atoms with E-state index >= 15 is 0 Å². The normalized spacial score (nSPS) is 11.6. The molecule has 0 radical (unpaired) electrons. The molecule has 0 unspecified atom stereocenters. The molecule has 0 saturated carbocycles. The molecule has 7 nitrogen and oxygen atoms in total. The van der Waals surface area contributed by atoms with Gasteiger partial charge < -0.3 is 19.5 Å². The van der Waals surface area contributed by atoms with Crippen molar-refractivity contribution in [1.82, 2.24) is 9.97 Å². The molecule has 1 N–H and O–H groups in total. The Morgan fingerprint density at radius 2 is 1.93 bits per heavy atom. The fraction of sp³-hybridized carbons (Fsp3) is 0.500. The number of alkyl halides is 2. The lowest BCUT2D eigenvalue weighted by Gasteiger charge is -2.18. The third kappa shape index (κ3) is 5.86. The second-order valence-corrected chi connectivity index (χ2v) is 6.73. The number of anilines is 1. The Balaban J connectivity index is 2.20. The molecule has 2 rings (SSSR count). The van der Waals surface area contributed by atoms with Crippen LogP contribution in [0.4, 0.5) is 23.7 Å². The molecule has 0 spiro atoms. The average Bonchev–Trinajstić information content (AvgIpc) is 2.57. The summed E-state index contributed by atoms with van der Waals surface area (Å²) in [6.45, 7) is 6.99. The molecule has 1 aromatic heterocycles. The number of nitrogens with one attached hydrogen (secondary N) is 1. The van der Waals surface area contributed by atoms with Gasteiger partial charge >= 0.3 is 6.16 Å². The maximum Gasteiger partial charge on any atom is 0.508 e. The van der Waals surface area contributed by atoms with Crippen LogP contribution in [-0.4, -0.2) is 41.5 Å². The third-order valence-corrected chi connectivity index (χ3v) is 3.24. The molecule has 0 aliphatic carbocycles. The van der Waals surface area contributed by atoms with Crippen LogP contribution in [0.5, 0.6) is 5.88 Å². The van der Waals surface area contributed by atoms with Crippen LogP contribution in [0.3, 0.4) is 0 Å². The van der Waals surface area contributed by atoms with Crippen molar-refractivity contribution in [2.45, 2.75) is 39.7 Å². The maximum atomic E-state index is 14.3. The van der Waals surface area contributed by atoms with Gasteiger partial charge in [0, 0.05) is 12.2 Å². The molecule has 28 heavy (non-hydrogen) atoms. The van der Waals surface area contributed by atoms with Crippen molar-refractivity contribution in [2.24, 2.45) is 0 Å². The molecule has 0 fully saturated rings. The van der Waals surface area contributed by atoms with Gasteiger partial charge in [0.1, 0.15) is 24.3 Å². The maximum absolute atomic E-state index is 14.3. The molecule has 0 atom stereocenters. The fourth-order valence-corrected chi connectivity index (χ4v) is 2.24. The van der Waals surface area contributed by atoms with Crippen LogP contribution in [0.15, 0.2) is 12.1 Å². The van der Waals surface area contributed by atoms with Gasteiger partial charge in [0.05, 0.1) is 5.39 Å². The van der Waals surface area contributed by atoms with E-state index in [0.717, 1.165) is 6.07 Å². The van der Waals surface area contributed by atoms with Crippen molar-refractivity contribution in [3.63, 3.8) is 0 Å². The van der Waals surface area contributed by atoms with Gasteiger partial charge in [-0.15, -0.1) is 0 Å². The number of aromatic nitrogens is 2. The van der Waals surface area contributed by atoms with Crippen molar-refractivity contribution < 1.29 is 32.2 Å². The first-order chi connectivity index (χ1) is 13.1. The molecule has 0 bridgehead atoms. The third-order valence-electron chi connectivity index (χ3n) is 3.24. The second kappa shape index (κ2) is 8.94. The number of rotatable bonds is 7. The van der Waals surface area contributed by atoms with E-state index in [-0.39, 0.29) is 30.0 Å². The Hall–Kier alpha value is -2.78. The molecular formula is C18H22F3N3O4. The van der Waals surface area contributed by atoms with Gasteiger partial charge in [0.15, 0.2) is 11.6 Å². The summed E-state index contributed by atoms with van der Waals surface area (Å²) in [7, 11) is 0. The van der Waals surface area contributed by atoms with E-state index < -0.39 is 29.8 Å². The number of carbonyl (C=O) groups is 1. The van der Waals surface area contributed by atoms with Crippen molar-refractivity contribution in [3.8, 4) is 5.88 Å². The van der Waals surface area contributed by atoms with E-state index in [9.17, 15) is 18.0 Å². The van der Waals surface area contributed by atoms with E-state index in [1.165, 1.54) is 6.07 Å². The minimum Gasteiger partial charge on any atom is -0.474 e. The summed E-state index contributed by atoms with van der Waals surface area (Å²) < 4.78 is 55.6. The number of fused-ring (bicyclic) bond motifs is 1.